The van der Waals surface area contributed by atoms with Gasteiger partial charge in [-0.25, -0.2) is 18.9 Å². The molecule has 0 aromatic carbocycles. The van der Waals surface area contributed by atoms with E-state index in [1.807, 2.05) is 62.0 Å². The van der Waals surface area contributed by atoms with Crippen molar-refractivity contribution in [2.24, 2.45) is 0 Å². The Morgan fingerprint density at radius 1 is 1.16 bits per heavy atom. The van der Waals surface area contributed by atoms with Gasteiger partial charge in [0.15, 0.2) is 0 Å². The maximum atomic E-state index is 13.3. The standard InChI is InChI=1S/C27H32FN7O3/c1-17-25(31-32-35(17)21-8-11-33(12-9-21)26(36)38-27(3,4)5)19-14-23-29-10-13-34(23)24(15-19)37-18(2)22-7-6-20(28)16-30-22/h6-7,10,13-16,18,21H,8-9,11-12H2,1-5H3/t18-/m1/s1. The molecule has 0 unspecified atom stereocenters. The van der Waals surface area contributed by atoms with Crippen LogP contribution in [0.2, 0.25) is 0 Å². The summed E-state index contributed by atoms with van der Waals surface area (Å²) in [5.41, 5.74) is 3.30. The molecule has 11 heteroatoms. The van der Waals surface area contributed by atoms with Gasteiger partial charge in [0.2, 0.25) is 5.88 Å². The number of aromatic nitrogens is 6. The Hall–Kier alpha value is -4.02. The number of hydrogen-bond donors (Lipinski definition) is 0. The highest BCUT2D eigenvalue weighted by molar-refractivity contribution is 5.69. The number of carbonyl (C=O) groups is 1. The lowest BCUT2D eigenvalue weighted by molar-refractivity contribution is 0.0183. The molecule has 5 rings (SSSR count). The van der Waals surface area contributed by atoms with E-state index in [-0.39, 0.29) is 12.1 Å². The third kappa shape index (κ3) is 5.32. The van der Waals surface area contributed by atoms with Crippen LogP contribution < -0.4 is 4.74 Å². The number of fused-ring (bicyclic) bond motifs is 1. The van der Waals surface area contributed by atoms with Gasteiger partial charge in [0, 0.05) is 37.1 Å². The molecule has 1 fully saturated rings. The van der Waals surface area contributed by atoms with Crippen LogP contribution in [0.1, 0.15) is 64.1 Å². The summed E-state index contributed by atoms with van der Waals surface area (Å²) in [5.74, 6) is 0.169. The van der Waals surface area contributed by atoms with Crippen molar-refractivity contribution in [1.82, 2.24) is 34.3 Å². The van der Waals surface area contributed by atoms with E-state index in [1.54, 1.807) is 17.2 Å². The molecule has 38 heavy (non-hydrogen) atoms. The summed E-state index contributed by atoms with van der Waals surface area (Å²) < 4.78 is 28.9. The molecule has 1 atom stereocenters. The van der Waals surface area contributed by atoms with Crippen LogP contribution in [-0.4, -0.2) is 59.0 Å². The molecule has 4 aromatic rings. The van der Waals surface area contributed by atoms with Gasteiger partial charge in [0.25, 0.3) is 0 Å². The second kappa shape index (κ2) is 10.0. The first-order valence-corrected chi connectivity index (χ1v) is 12.7. The maximum Gasteiger partial charge on any atom is 0.410 e. The number of hydrogen-bond acceptors (Lipinski definition) is 7. The van der Waals surface area contributed by atoms with Crippen LogP contribution in [0, 0.1) is 12.7 Å². The topological polar surface area (TPSA) is 99.7 Å². The lowest BCUT2D eigenvalue weighted by Crippen LogP contribution is -2.42. The number of amides is 1. The predicted octanol–water partition coefficient (Wildman–Crippen LogP) is 5.15. The molecule has 1 amide bonds. The number of imidazole rings is 1. The monoisotopic (exact) mass is 521 g/mol. The van der Waals surface area contributed by atoms with Crippen molar-refractivity contribution in [2.75, 3.05) is 13.1 Å². The van der Waals surface area contributed by atoms with Crippen LogP contribution in [0.3, 0.4) is 0 Å². The largest absolute Gasteiger partial charge is 0.469 e. The second-order valence-electron chi connectivity index (χ2n) is 10.6. The van der Waals surface area contributed by atoms with E-state index in [2.05, 4.69) is 20.3 Å². The molecule has 200 valence electrons. The van der Waals surface area contributed by atoms with Crippen LogP contribution in [0.15, 0.2) is 42.9 Å². The smallest absolute Gasteiger partial charge is 0.410 e. The number of halogens is 1. The fraction of sp³-hybridized carbons (Fsp3) is 0.444. The average Bonchev–Trinajstić information content (AvgIpc) is 3.50. The molecule has 0 saturated carbocycles. The molecule has 0 aliphatic carbocycles. The highest BCUT2D eigenvalue weighted by atomic mass is 19.1. The normalized spacial score (nSPS) is 15.6. The molecule has 10 nitrogen and oxygen atoms in total. The Labute approximate surface area is 220 Å². The van der Waals surface area contributed by atoms with Crippen molar-refractivity contribution in [1.29, 1.82) is 0 Å². The molecule has 1 saturated heterocycles. The molecule has 1 aliphatic rings. The van der Waals surface area contributed by atoms with Gasteiger partial charge in [0.05, 0.1) is 23.6 Å². The van der Waals surface area contributed by atoms with Crippen molar-refractivity contribution >= 4 is 11.7 Å². The van der Waals surface area contributed by atoms with Gasteiger partial charge in [-0.1, -0.05) is 5.21 Å². The molecular formula is C27H32FN7O3. The van der Waals surface area contributed by atoms with Crippen molar-refractivity contribution in [3.63, 3.8) is 0 Å². The van der Waals surface area contributed by atoms with Crippen LogP contribution in [0.5, 0.6) is 5.88 Å². The summed E-state index contributed by atoms with van der Waals surface area (Å²) in [5, 5.41) is 8.98. The number of nitrogens with zero attached hydrogens (tertiary/aromatic N) is 7. The van der Waals surface area contributed by atoms with Crippen molar-refractivity contribution in [3.8, 4) is 17.1 Å². The zero-order valence-electron chi connectivity index (χ0n) is 22.3. The van der Waals surface area contributed by atoms with E-state index < -0.39 is 17.5 Å². The SMILES string of the molecule is Cc1c(-c2cc(O[C@H](C)c3ccc(F)cn3)n3ccnc3c2)nnn1C1CCN(C(=O)OC(C)(C)C)CC1. The van der Waals surface area contributed by atoms with Gasteiger partial charge in [0.1, 0.15) is 28.9 Å². The number of likely N-dealkylation sites (tertiary alicyclic amines) is 1. The molecule has 0 spiro atoms. The number of rotatable bonds is 5. The molecule has 1 aliphatic heterocycles. The first-order chi connectivity index (χ1) is 18.1. The van der Waals surface area contributed by atoms with Gasteiger partial charge in [-0.2, -0.15) is 0 Å². The van der Waals surface area contributed by atoms with Crippen molar-refractivity contribution in [3.05, 3.63) is 60.1 Å². The molecule has 0 N–H and O–H groups in total. The molecule has 0 bridgehead atoms. The van der Waals surface area contributed by atoms with Gasteiger partial charge >= 0.3 is 6.09 Å². The third-order valence-electron chi connectivity index (χ3n) is 6.60. The summed E-state index contributed by atoms with van der Waals surface area (Å²) in [4.78, 5) is 22.8. The van der Waals surface area contributed by atoms with Crippen LogP contribution >= 0.6 is 0 Å². The Bertz CT molecular complexity index is 1430. The summed E-state index contributed by atoms with van der Waals surface area (Å²) in [6.07, 6.45) is 5.53. The number of ether oxygens (including phenoxy) is 2. The third-order valence-corrected chi connectivity index (χ3v) is 6.60. The summed E-state index contributed by atoms with van der Waals surface area (Å²) in [6.45, 7) is 10.7. The Morgan fingerprint density at radius 2 is 1.92 bits per heavy atom. The van der Waals surface area contributed by atoms with Gasteiger partial charge in [-0.05, 0) is 65.7 Å². The maximum absolute atomic E-state index is 13.3. The summed E-state index contributed by atoms with van der Waals surface area (Å²) >= 11 is 0. The molecule has 4 aromatic heterocycles. The zero-order chi connectivity index (χ0) is 27.0. The van der Waals surface area contributed by atoms with Crippen molar-refractivity contribution < 1.29 is 18.7 Å². The summed E-state index contributed by atoms with van der Waals surface area (Å²) in [7, 11) is 0. The second-order valence-corrected chi connectivity index (χ2v) is 10.6. The minimum atomic E-state index is -0.517. The van der Waals surface area contributed by atoms with E-state index in [4.69, 9.17) is 9.47 Å². The van der Waals surface area contributed by atoms with Gasteiger partial charge in [-0.15, -0.1) is 5.10 Å². The highest BCUT2D eigenvalue weighted by Crippen LogP contribution is 2.32. The number of carbonyl (C=O) groups excluding carboxylic acids is 1. The number of pyridine rings is 2. The van der Waals surface area contributed by atoms with Crippen LogP contribution in [0.25, 0.3) is 16.9 Å². The highest BCUT2D eigenvalue weighted by Gasteiger charge is 2.29. The molecule has 5 heterocycles. The minimum Gasteiger partial charge on any atom is -0.469 e. The first-order valence-electron chi connectivity index (χ1n) is 12.7. The van der Waals surface area contributed by atoms with Gasteiger partial charge in [-0.3, -0.25) is 9.38 Å². The Kier molecular flexibility index (Phi) is 6.77. The minimum absolute atomic E-state index is 0.130. The van der Waals surface area contributed by atoms with Crippen LogP contribution in [0.4, 0.5) is 9.18 Å². The summed E-state index contributed by atoms with van der Waals surface area (Å²) in [6, 6.07) is 6.95. The van der Waals surface area contributed by atoms with Gasteiger partial charge < -0.3 is 14.4 Å². The average molecular weight is 522 g/mol. The lowest BCUT2D eigenvalue weighted by atomic mass is 10.0. The fourth-order valence-corrected chi connectivity index (χ4v) is 4.66. The fourth-order valence-electron chi connectivity index (χ4n) is 4.66. The van der Waals surface area contributed by atoms with E-state index in [0.717, 1.165) is 29.8 Å². The molecule has 0 radical (unpaired) electrons. The number of piperidine rings is 1. The van der Waals surface area contributed by atoms with Crippen LogP contribution in [-0.2, 0) is 4.74 Å². The zero-order valence-corrected chi connectivity index (χ0v) is 22.3. The van der Waals surface area contributed by atoms with E-state index in [0.29, 0.717) is 30.3 Å². The predicted molar refractivity (Wildman–Crippen MR) is 138 cm³/mol. The van der Waals surface area contributed by atoms with Crippen molar-refractivity contribution in [2.45, 2.75) is 65.2 Å². The molecular weight excluding hydrogens is 489 g/mol. The quantitative estimate of drug-likeness (QED) is 0.358. The van der Waals surface area contributed by atoms with E-state index in [9.17, 15) is 9.18 Å². The Balaban J connectivity index is 1.35. The van der Waals surface area contributed by atoms with E-state index >= 15 is 0 Å². The Morgan fingerprint density at radius 3 is 2.61 bits per heavy atom. The first kappa shape index (κ1) is 25.6. The lowest BCUT2D eigenvalue weighted by Gasteiger charge is -2.33. The van der Waals surface area contributed by atoms with E-state index in [1.165, 1.54) is 12.3 Å².